The van der Waals surface area contributed by atoms with E-state index in [2.05, 4.69) is 10.2 Å². The molecule has 2 aromatic carbocycles. The Balaban J connectivity index is 0.000000579. The number of carbonyl (C=O) groups excluding carboxylic acids is 2. The average Bonchev–Trinajstić information content (AvgIpc) is 3.07. The van der Waals surface area contributed by atoms with E-state index in [1.807, 2.05) is 55.6 Å². The molecule has 0 spiro atoms. The fraction of sp³-hybridized carbons (Fsp3) is 0.361. The first-order valence-corrected chi connectivity index (χ1v) is 16.6. The van der Waals surface area contributed by atoms with Crippen molar-refractivity contribution in [1.82, 2.24) is 14.8 Å². The minimum atomic E-state index is -1.26. The van der Waals surface area contributed by atoms with Crippen LogP contribution in [0.1, 0.15) is 70.5 Å². The third-order valence-electron chi connectivity index (χ3n) is 8.45. The summed E-state index contributed by atoms with van der Waals surface area (Å²) in [5.74, 6) is -2.48. The second-order valence-corrected chi connectivity index (χ2v) is 12.8. The van der Waals surface area contributed by atoms with E-state index in [-0.39, 0.29) is 17.7 Å². The number of benzene rings is 2. The normalized spacial score (nSPS) is 14.6. The van der Waals surface area contributed by atoms with Crippen LogP contribution in [0.3, 0.4) is 0 Å². The molecule has 0 saturated heterocycles. The molecule has 3 N–H and O–H groups in total. The molecule has 48 heavy (non-hydrogen) atoms. The van der Waals surface area contributed by atoms with E-state index in [0.717, 1.165) is 86.4 Å². The minimum absolute atomic E-state index is 0.00615. The Bertz CT molecular complexity index is 1660. The standard InChI is InChI=1S/C32H36Cl2N4O2.C4H4O4/c1-21(39)35-31-25-10-6-7-11-29(25)36-30-15-17-38(20-26(30)31)16-14-24(23-12-13-27(33)28(34)18-23)19-37(2)32(40)22-8-4-3-5-9-22;5-3(6)1-2-4(7)8/h3-5,8-9,12-13,18,24H,6-7,10-11,14-17,19-20H2,1-2H3,(H,35,36,39);1-2H,(H,5,6)(H,7,8)/b;2-1+. The molecule has 1 atom stereocenters. The molecule has 12 heteroatoms. The van der Waals surface area contributed by atoms with Crippen LogP contribution in [0.25, 0.3) is 0 Å². The SMILES string of the molecule is CC(=O)Nc1c2c(nc3c1CN(CCC(CN(C)C(=O)c1ccccc1)c1ccc(Cl)c(Cl)c1)CC3)CCCC2.O=C(O)/C=C/C(=O)O. The summed E-state index contributed by atoms with van der Waals surface area (Å²) >= 11 is 12.6. The van der Waals surface area contributed by atoms with Crippen LogP contribution in [0.5, 0.6) is 0 Å². The first-order chi connectivity index (χ1) is 22.9. The van der Waals surface area contributed by atoms with Gasteiger partial charge in [-0.05, 0) is 74.0 Å². The van der Waals surface area contributed by atoms with Crippen LogP contribution in [-0.2, 0) is 40.2 Å². The number of fused-ring (bicyclic) bond motifs is 2. The third kappa shape index (κ3) is 10.1. The number of nitrogens with one attached hydrogen (secondary N) is 1. The highest BCUT2D eigenvalue weighted by Gasteiger charge is 2.28. The number of likely N-dealkylation sites (N-methyl/N-ethyl adjacent to an activating group) is 1. The Hall–Kier alpha value is -4.25. The summed E-state index contributed by atoms with van der Waals surface area (Å²) in [4.78, 5) is 53.7. The number of aliphatic carboxylic acids is 2. The van der Waals surface area contributed by atoms with E-state index in [4.69, 9.17) is 38.4 Å². The summed E-state index contributed by atoms with van der Waals surface area (Å²) in [6, 6.07) is 15.1. The van der Waals surface area contributed by atoms with Gasteiger partial charge in [-0.25, -0.2) is 9.59 Å². The maximum absolute atomic E-state index is 13.1. The number of amides is 2. The van der Waals surface area contributed by atoms with Gasteiger partial charge in [0.05, 0.1) is 15.7 Å². The van der Waals surface area contributed by atoms with Crippen molar-refractivity contribution < 1.29 is 29.4 Å². The Morgan fingerprint density at radius 1 is 0.938 bits per heavy atom. The zero-order valence-electron chi connectivity index (χ0n) is 27.0. The number of carboxylic acid groups (broad SMARTS) is 2. The first-order valence-electron chi connectivity index (χ1n) is 15.9. The molecule has 1 aromatic heterocycles. The fourth-order valence-corrected chi connectivity index (χ4v) is 6.43. The van der Waals surface area contributed by atoms with Crippen LogP contribution in [-0.4, -0.2) is 75.4 Å². The van der Waals surface area contributed by atoms with Crippen molar-refractivity contribution in [1.29, 1.82) is 0 Å². The van der Waals surface area contributed by atoms with E-state index >= 15 is 0 Å². The molecule has 3 aromatic rings. The highest BCUT2D eigenvalue weighted by atomic mass is 35.5. The van der Waals surface area contributed by atoms with Gasteiger partial charge in [0.25, 0.3) is 5.91 Å². The maximum Gasteiger partial charge on any atom is 0.328 e. The van der Waals surface area contributed by atoms with E-state index in [9.17, 15) is 19.2 Å². The van der Waals surface area contributed by atoms with Gasteiger partial charge in [-0.15, -0.1) is 0 Å². The lowest BCUT2D eigenvalue weighted by atomic mass is 9.89. The number of pyridine rings is 1. The van der Waals surface area contributed by atoms with Gasteiger partial charge in [-0.2, -0.15) is 0 Å². The molecular formula is C36H40Cl2N4O6. The lowest BCUT2D eigenvalue weighted by Crippen LogP contribution is -2.36. The molecule has 0 bridgehead atoms. The van der Waals surface area contributed by atoms with Gasteiger partial charge in [0.15, 0.2) is 0 Å². The number of carbonyl (C=O) groups is 4. The number of rotatable bonds is 10. The molecule has 0 radical (unpaired) electrons. The van der Waals surface area contributed by atoms with Gasteiger partial charge in [-0.3, -0.25) is 19.5 Å². The quantitative estimate of drug-likeness (QED) is 0.212. The van der Waals surface area contributed by atoms with E-state index in [0.29, 0.717) is 34.3 Å². The molecule has 1 aliphatic heterocycles. The second-order valence-electron chi connectivity index (χ2n) is 12.0. The number of aryl methyl sites for hydroxylation is 1. The van der Waals surface area contributed by atoms with Crippen LogP contribution < -0.4 is 5.32 Å². The molecular weight excluding hydrogens is 655 g/mol. The van der Waals surface area contributed by atoms with Crippen molar-refractivity contribution in [2.45, 2.75) is 57.9 Å². The van der Waals surface area contributed by atoms with E-state index < -0.39 is 11.9 Å². The maximum atomic E-state index is 13.1. The van der Waals surface area contributed by atoms with Gasteiger partial charge >= 0.3 is 11.9 Å². The average molecular weight is 696 g/mol. The summed E-state index contributed by atoms with van der Waals surface area (Å²) in [5.41, 5.74) is 7.39. The van der Waals surface area contributed by atoms with Crippen molar-refractivity contribution in [3.63, 3.8) is 0 Å². The summed E-state index contributed by atoms with van der Waals surface area (Å²) in [6.07, 6.45) is 7.05. The predicted octanol–water partition coefficient (Wildman–Crippen LogP) is 6.24. The highest BCUT2D eigenvalue weighted by molar-refractivity contribution is 6.42. The molecule has 254 valence electrons. The number of carboxylic acids is 2. The Morgan fingerprint density at radius 3 is 2.25 bits per heavy atom. The topological polar surface area (TPSA) is 140 Å². The summed E-state index contributed by atoms with van der Waals surface area (Å²) in [5, 5.41) is 19.8. The second kappa shape index (κ2) is 17.2. The Labute approximate surface area is 290 Å². The van der Waals surface area contributed by atoms with Crippen molar-refractivity contribution in [2.24, 2.45) is 0 Å². The van der Waals surface area contributed by atoms with Crippen LogP contribution >= 0.6 is 23.2 Å². The molecule has 2 heterocycles. The van der Waals surface area contributed by atoms with Crippen LogP contribution in [0.4, 0.5) is 5.69 Å². The number of aromatic nitrogens is 1. The Morgan fingerprint density at radius 2 is 1.60 bits per heavy atom. The summed E-state index contributed by atoms with van der Waals surface area (Å²) in [6.45, 7) is 4.64. The van der Waals surface area contributed by atoms with Crippen molar-refractivity contribution >= 4 is 52.6 Å². The molecule has 1 unspecified atom stereocenters. The molecule has 2 aliphatic rings. The lowest BCUT2D eigenvalue weighted by Gasteiger charge is -2.33. The minimum Gasteiger partial charge on any atom is -0.478 e. The van der Waals surface area contributed by atoms with E-state index in [1.165, 1.54) is 5.56 Å². The number of hydrogen-bond donors (Lipinski definition) is 3. The fourth-order valence-electron chi connectivity index (χ4n) is 6.13. The summed E-state index contributed by atoms with van der Waals surface area (Å²) in [7, 11) is 1.85. The van der Waals surface area contributed by atoms with E-state index in [1.54, 1.807) is 11.8 Å². The Kier molecular flexibility index (Phi) is 13.1. The van der Waals surface area contributed by atoms with Gasteiger partial charge in [0.2, 0.25) is 5.91 Å². The molecule has 0 fully saturated rings. The monoisotopic (exact) mass is 694 g/mol. The number of halogens is 2. The van der Waals surface area contributed by atoms with Gasteiger partial charge in [0, 0.05) is 80.6 Å². The zero-order valence-corrected chi connectivity index (χ0v) is 28.6. The van der Waals surface area contributed by atoms with Crippen LogP contribution in [0, 0.1) is 0 Å². The predicted molar refractivity (Wildman–Crippen MR) is 186 cm³/mol. The number of anilines is 1. The van der Waals surface area contributed by atoms with Crippen molar-refractivity contribution in [2.75, 3.05) is 32.0 Å². The molecule has 1 aliphatic carbocycles. The van der Waals surface area contributed by atoms with Crippen molar-refractivity contribution in [3.8, 4) is 0 Å². The van der Waals surface area contributed by atoms with Gasteiger partial charge in [0.1, 0.15) is 0 Å². The molecule has 0 saturated carbocycles. The lowest BCUT2D eigenvalue weighted by molar-refractivity contribution is -0.134. The summed E-state index contributed by atoms with van der Waals surface area (Å²) < 4.78 is 0. The molecule has 5 rings (SSSR count). The largest absolute Gasteiger partial charge is 0.478 e. The van der Waals surface area contributed by atoms with Crippen LogP contribution in [0.15, 0.2) is 60.7 Å². The highest BCUT2D eigenvalue weighted by Crippen LogP contribution is 2.35. The number of nitrogens with zero attached hydrogens (tertiary/aromatic N) is 3. The molecule has 10 nitrogen and oxygen atoms in total. The zero-order chi connectivity index (χ0) is 34.8. The smallest absolute Gasteiger partial charge is 0.328 e. The van der Waals surface area contributed by atoms with Crippen LogP contribution in [0.2, 0.25) is 10.0 Å². The molecule has 2 amide bonds. The van der Waals surface area contributed by atoms with Crippen molar-refractivity contribution in [3.05, 3.63) is 104 Å². The third-order valence-corrected chi connectivity index (χ3v) is 9.19. The number of hydrogen-bond acceptors (Lipinski definition) is 6. The first kappa shape index (κ1) is 36.6. The van der Waals surface area contributed by atoms with Gasteiger partial charge in [-0.1, -0.05) is 47.5 Å². The van der Waals surface area contributed by atoms with Gasteiger partial charge < -0.3 is 20.4 Å².